The van der Waals surface area contributed by atoms with E-state index in [9.17, 15) is 4.79 Å². The van der Waals surface area contributed by atoms with E-state index in [-0.39, 0.29) is 24.6 Å². The zero-order valence-electron chi connectivity index (χ0n) is 10.5. The van der Waals surface area contributed by atoms with Gasteiger partial charge in [0.15, 0.2) is 6.79 Å². The second kappa shape index (κ2) is 5.47. The molecule has 0 bridgehead atoms. The van der Waals surface area contributed by atoms with Crippen LogP contribution in [0.2, 0.25) is 0 Å². The lowest BCUT2D eigenvalue weighted by Crippen LogP contribution is -2.27. The molecule has 0 radical (unpaired) electrons. The molecular formula is C11H22O4. The molecule has 90 valence electrons. The smallest absolute Gasteiger partial charge is 0.334 e. The summed E-state index contributed by atoms with van der Waals surface area (Å²) in [5, 5.41) is 0. The third-order valence-electron chi connectivity index (χ3n) is 1.33. The van der Waals surface area contributed by atoms with Gasteiger partial charge in [0.25, 0.3) is 0 Å². The summed E-state index contributed by atoms with van der Waals surface area (Å²) in [7, 11) is 0. The highest BCUT2D eigenvalue weighted by atomic mass is 16.7. The van der Waals surface area contributed by atoms with Crippen LogP contribution in [0.15, 0.2) is 0 Å². The number of carbonyl (C=O) groups is 1. The first-order chi connectivity index (χ1) is 6.60. The molecular weight excluding hydrogens is 196 g/mol. The molecule has 0 saturated heterocycles. The van der Waals surface area contributed by atoms with Gasteiger partial charge in [-0.05, 0) is 41.5 Å². The molecule has 4 heteroatoms. The van der Waals surface area contributed by atoms with Gasteiger partial charge in [-0.1, -0.05) is 0 Å². The third kappa shape index (κ3) is 11.3. The van der Waals surface area contributed by atoms with Crippen LogP contribution in [0.4, 0.5) is 0 Å². The molecule has 0 amide bonds. The first kappa shape index (κ1) is 14.4. The lowest BCUT2D eigenvalue weighted by molar-refractivity contribution is -0.175. The van der Waals surface area contributed by atoms with Crippen LogP contribution in [0, 0.1) is 0 Å². The van der Waals surface area contributed by atoms with Crippen molar-refractivity contribution in [3.05, 3.63) is 0 Å². The number of hydrogen-bond acceptors (Lipinski definition) is 4. The lowest BCUT2D eigenvalue weighted by Gasteiger charge is -2.21. The molecule has 0 aromatic carbocycles. The van der Waals surface area contributed by atoms with Gasteiger partial charge in [0.05, 0.1) is 11.2 Å². The molecule has 0 spiro atoms. The van der Waals surface area contributed by atoms with Crippen LogP contribution >= 0.6 is 0 Å². The fraction of sp³-hybridized carbons (Fsp3) is 0.909. The summed E-state index contributed by atoms with van der Waals surface area (Å²) in [6, 6.07) is 0. The Balaban J connectivity index is 3.60. The second-order valence-corrected chi connectivity index (χ2v) is 5.29. The predicted octanol–water partition coefficient (Wildman–Crippen LogP) is 2.12. The van der Waals surface area contributed by atoms with Crippen molar-refractivity contribution in [2.45, 2.75) is 52.7 Å². The highest BCUT2D eigenvalue weighted by Crippen LogP contribution is 2.08. The minimum absolute atomic E-state index is 0.0319. The highest BCUT2D eigenvalue weighted by molar-refractivity contribution is 5.70. The van der Waals surface area contributed by atoms with Gasteiger partial charge in [-0.25, -0.2) is 4.79 Å². The Morgan fingerprint density at radius 1 is 0.933 bits per heavy atom. The quantitative estimate of drug-likeness (QED) is 0.535. The van der Waals surface area contributed by atoms with E-state index in [1.165, 1.54) is 0 Å². The molecule has 15 heavy (non-hydrogen) atoms. The topological polar surface area (TPSA) is 44.8 Å². The molecule has 0 aliphatic carbocycles. The first-order valence-corrected chi connectivity index (χ1v) is 5.04. The molecule has 0 atom stereocenters. The van der Waals surface area contributed by atoms with Gasteiger partial charge in [-0.15, -0.1) is 0 Å². The van der Waals surface area contributed by atoms with Crippen molar-refractivity contribution in [2.75, 3.05) is 13.4 Å². The lowest BCUT2D eigenvalue weighted by atomic mass is 10.2. The maximum atomic E-state index is 11.1. The molecule has 0 unspecified atom stereocenters. The van der Waals surface area contributed by atoms with Crippen molar-refractivity contribution in [1.82, 2.24) is 0 Å². The molecule has 0 saturated carbocycles. The Kier molecular flexibility index (Phi) is 5.24. The Bertz CT molecular complexity index is 198. The summed E-state index contributed by atoms with van der Waals surface area (Å²) in [5.74, 6) is -0.408. The van der Waals surface area contributed by atoms with Crippen LogP contribution < -0.4 is 0 Å². The largest absolute Gasteiger partial charge is 0.437 e. The van der Waals surface area contributed by atoms with Crippen molar-refractivity contribution in [1.29, 1.82) is 0 Å². The zero-order valence-corrected chi connectivity index (χ0v) is 10.5. The van der Waals surface area contributed by atoms with Crippen molar-refractivity contribution >= 4 is 5.97 Å². The van der Waals surface area contributed by atoms with Crippen molar-refractivity contribution < 1.29 is 19.0 Å². The van der Waals surface area contributed by atoms with E-state index in [2.05, 4.69) is 0 Å². The maximum Gasteiger partial charge on any atom is 0.334 e. The Hall–Kier alpha value is -0.610. The average molecular weight is 218 g/mol. The van der Waals surface area contributed by atoms with Gasteiger partial charge in [0.2, 0.25) is 0 Å². The molecule has 0 aromatic heterocycles. The van der Waals surface area contributed by atoms with Crippen LogP contribution in [0.1, 0.15) is 41.5 Å². The van der Waals surface area contributed by atoms with Gasteiger partial charge in [0.1, 0.15) is 6.61 Å². The number of esters is 1. The third-order valence-corrected chi connectivity index (χ3v) is 1.33. The number of hydrogen-bond donors (Lipinski definition) is 0. The van der Waals surface area contributed by atoms with E-state index in [1.54, 1.807) is 0 Å². The standard InChI is InChI=1S/C11H22O4/c1-10(2,3)14-7-9(12)13-8-15-11(4,5)6/h7-8H2,1-6H3. The van der Waals surface area contributed by atoms with Gasteiger partial charge < -0.3 is 14.2 Å². The van der Waals surface area contributed by atoms with E-state index in [0.717, 1.165) is 0 Å². The summed E-state index contributed by atoms with van der Waals surface area (Å²) >= 11 is 0. The summed E-state index contributed by atoms with van der Waals surface area (Å²) in [4.78, 5) is 11.1. The number of ether oxygens (including phenoxy) is 3. The summed E-state index contributed by atoms with van der Waals surface area (Å²) in [6.45, 7) is 11.3. The van der Waals surface area contributed by atoms with E-state index in [4.69, 9.17) is 14.2 Å². The minimum atomic E-state index is -0.408. The fourth-order valence-corrected chi connectivity index (χ4v) is 0.589. The highest BCUT2D eigenvalue weighted by Gasteiger charge is 2.15. The van der Waals surface area contributed by atoms with Gasteiger partial charge in [-0.3, -0.25) is 0 Å². The average Bonchev–Trinajstić information content (AvgIpc) is 1.97. The Morgan fingerprint density at radius 2 is 1.40 bits per heavy atom. The molecule has 0 rings (SSSR count). The molecule has 0 fully saturated rings. The number of rotatable bonds is 4. The number of carbonyl (C=O) groups excluding carboxylic acids is 1. The molecule has 0 aliphatic rings. The van der Waals surface area contributed by atoms with Gasteiger partial charge in [-0.2, -0.15) is 0 Å². The molecule has 4 nitrogen and oxygen atoms in total. The normalized spacial score (nSPS) is 12.7. The van der Waals surface area contributed by atoms with Gasteiger partial charge in [0, 0.05) is 0 Å². The fourth-order valence-electron chi connectivity index (χ4n) is 0.589. The van der Waals surface area contributed by atoms with Crippen LogP contribution in [0.5, 0.6) is 0 Å². The Morgan fingerprint density at radius 3 is 1.80 bits per heavy atom. The summed E-state index contributed by atoms with van der Waals surface area (Å²) in [6.07, 6.45) is 0. The summed E-state index contributed by atoms with van der Waals surface area (Å²) < 4.78 is 15.3. The zero-order chi connectivity index (χ0) is 12.1. The second-order valence-electron chi connectivity index (χ2n) is 5.29. The molecule has 0 aromatic rings. The van der Waals surface area contributed by atoms with Crippen LogP contribution in [0.3, 0.4) is 0 Å². The van der Waals surface area contributed by atoms with E-state index >= 15 is 0 Å². The van der Waals surface area contributed by atoms with E-state index in [1.807, 2.05) is 41.5 Å². The van der Waals surface area contributed by atoms with E-state index < -0.39 is 5.97 Å². The summed E-state index contributed by atoms with van der Waals surface area (Å²) in [5.41, 5.74) is -0.630. The molecule has 0 N–H and O–H groups in total. The van der Waals surface area contributed by atoms with Gasteiger partial charge >= 0.3 is 5.97 Å². The van der Waals surface area contributed by atoms with E-state index in [0.29, 0.717) is 0 Å². The van der Waals surface area contributed by atoms with Crippen molar-refractivity contribution in [2.24, 2.45) is 0 Å². The van der Waals surface area contributed by atoms with Crippen LogP contribution in [0.25, 0.3) is 0 Å². The monoisotopic (exact) mass is 218 g/mol. The van der Waals surface area contributed by atoms with Crippen LogP contribution in [-0.2, 0) is 19.0 Å². The first-order valence-electron chi connectivity index (χ1n) is 5.04. The predicted molar refractivity (Wildman–Crippen MR) is 57.5 cm³/mol. The Labute approximate surface area is 91.9 Å². The van der Waals surface area contributed by atoms with Crippen LogP contribution in [-0.4, -0.2) is 30.6 Å². The SMILES string of the molecule is CC(C)(C)OCOC(=O)COC(C)(C)C. The maximum absolute atomic E-state index is 11.1. The molecule has 0 heterocycles. The minimum Gasteiger partial charge on any atom is -0.437 e. The van der Waals surface area contributed by atoms with Crippen molar-refractivity contribution in [3.8, 4) is 0 Å². The molecule has 0 aliphatic heterocycles. The van der Waals surface area contributed by atoms with Crippen molar-refractivity contribution in [3.63, 3.8) is 0 Å².